The van der Waals surface area contributed by atoms with Crippen LogP contribution in [0.1, 0.15) is 25.7 Å². The van der Waals surface area contributed by atoms with Gasteiger partial charge in [-0.2, -0.15) is 0 Å². The SMILES string of the molecule is C=C1CCCC(C(C(=O)OC)C(=O)OC)C1. The Morgan fingerprint density at radius 1 is 1.31 bits per heavy atom. The average Bonchev–Trinajstić information content (AvgIpc) is 2.29. The van der Waals surface area contributed by atoms with E-state index in [9.17, 15) is 9.59 Å². The monoisotopic (exact) mass is 226 g/mol. The van der Waals surface area contributed by atoms with Crippen LogP contribution in [0.5, 0.6) is 0 Å². The summed E-state index contributed by atoms with van der Waals surface area (Å²) in [7, 11) is 2.58. The first-order valence-electron chi connectivity index (χ1n) is 5.42. The zero-order chi connectivity index (χ0) is 12.1. The minimum absolute atomic E-state index is 0.0267. The molecular weight excluding hydrogens is 208 g/mol. The Balaban J connectivity index is 2.78. The second-order valence-corrected chi connectivity index (χ2v) is 4.13. The summed E-state index contributed by atoms with van der Waals surface area (Å²) in [6, 6.07) is 0. The van der Waals surface area contributed by atoms with Gasteiger partial charge in [0.2, 0.25) is 0 Å². The second kappa shape index (κ2) is 5.68. The van der Waals surface area contributed by atoms with Crippen LogP contribution < -0.4 is 0 Å². The van der Waals surface area contributed by atoms with Crippen molar-refractivity contribution in [3.63, 3.8) is 0 Å². The predicted octanol–water partition coefficient (Wildman–Crippen LogP) is 1.70. The first-order chi connectivity index (χ1) is 7.60. The lowest BCUT2D eigenvalue weighted by molar-refractivity contribution is -0.161. The third-order valence-electron chi connectivity index (χ3n) is 3.04. The van der Waals surface area contributed by atoms with E-state index < -0.39 is 17.9 Å². The van der Waals surface area contributed by atoms with E-state index in [0.717, 1.165) is 24.8 Å². The Labute approximate surface area is 95.6 Å². The van der Waals surface area contributed by atoms with E-state index in [1.165, 1.54) is 14.2 Å². The molecule has 1 fully saturated rings. The van der Waals surface area contributed by atoms with Crippen molar-refractivity contribution in [1.82, 2.24) is 0 Å². The van der Waals surface area contributed by atoms with Crippen molar-refractivity contribution >= 4 is 11.9 Å². The van der Waals surface area contributed by atoms with Crippen molar-refractivity contribution in [1.29, 1.82) is 0 Å². The maximum absolute atomic E-state index is 11.6. The number of esters is 2. The molecule has 4 nitrogen and oxygen atoms in total. The summed E-state index contributed by atoms with van der Waals surface area (Å²) < 4.78 is 9.31. The topological polar surface area (TPSA) is 52.6 Å². The number of carbonyl (C=O) groups is 2. The van der Waals surface area contributed by atoms with Crippen molar-refractivity contribution in [2.75, 3.05) is 14.2 Å². The van der Waals surface area contributed by atoms with Crippen LogP contribution in [0.3, 0.4) is 0 Å². The molecule has 4 heteroatoms. The van der Waals surface area contributed by atoms with Crippen molar-refractivity contribution in [2.24, 2.45) is 11.8 Å². The van der Waals surface area contributed by atoms with Crippen LogP contribution in [-0.4, -0.2) is 26.2 Å². The van der Waals surface area contributed by atoms with Crippen molar-refractivity contribution < 1.29 is 19.1 Å². The van der Waals surface area contributed by atoms with E-state index in [4.69, 9.17) is 0 Å². The smallest absolute Gasteiger partial charge is 0.320 e. The number of allylic oxidation sites excluding steroid dienone is 1. The molecule has 1 saturated carbocycles. The molecule has 0 heterocycles. The fourth-order valence-electron chi connectivity index (χ4n) is 2.21. The van der Waals surface area contributed by atoms with Gasteiger partial charge in [0, 0.05) is 0 Å². The van der Waals surface area contributed by atoms with Crippen LogP contribution in [0.15, 0.2) is 12.2 Å². The Hall–Kier alpha value is -1.32. The summed E-state index contributed by atoms with van der Waals surface area (Å²) in [6.07, 6.45) is 3.49. The lowest BCUT2D eigenvalue weighted by Gasteiger charge is -2.27. The molecule has 90 valence electrons. The normalized spacial score (nSPS) is 20.7. The molecule has 0 aromatic heterocycles. The summed E-state index contributed by atoms with van der Waals surface area (Å²) in [5.74, 6) is -1.84. The fraction of sp³-hybridized carbons (Fsp3) is 0.667. The van der Waals surface area contributed by atoms with Gasteiger partial charge in [0.05, 0.1) is 14.2 Å². The quantitative estimate of drug-likeness (QED) is 0.417. The zero-order valence-corrected chi connectivity index (χ0v) is 9.82. The van der Waals surface area contributed by atoms with Crippen molar-refractivity contribution in [3.8, 4) is 0 Å². The molecule has 1 aliphatic rings. The van der Waals surface area contributed by atoms with E-state index in [1.54, 1.807) is 0 Å². The Bertz CT molecular complexity index is 279. The largest absolute Gasteiger partial charge is 0.468 e. The summed E-state index contributed by atoms with van der Waals surface area (Å²) in [5, 5.41) is 0. The Morgan fingerprint density at radius 2 is 1.88 bits per heavy atom. The van der Waals surface area contributed by atoms with Gasteiger partial charge in [0.25, 0.3) is 0 Å². The standard InChI is InChI=1S/C12H18O4/c1-8-5-4-6-9(7-8)10(11(13)15-2)12(14)16-3/h9-10H,1,4-7H2,2-3H3. The third-order valence-corrected chi connectivity index (χ3v) is 3.04. The minimum atomic E-state index is -0.799. The van der Waals surface area contributed by atoms with Crippen LogP contribution in [0.25, 0.3) is 0 Å². The summed E-state index contributed by atoms with van der Waals surface area (Å²) in [5.41, 5.74) is 1.09. The highest BCUT2D eigenvalue weighted by Gasteiger charge is 2.37. The highest BCUT2D eigenvalue weighted by Crippen LogP contribution is 2.33. The van der Waals surface area contributed by atoms with Crippen molar-refractivity contribution in [2.45, 2.75) is 25.7 Å². The molecule has 0 saturated heterocycles. The number of hydrogen-bond donors (Lipinski definition) is 0. The maximum atomic E-state index is 11.6. The molecule has 0 aliphatic heterocycles. The first-order valence-corrected chi connectivity index (χ1v) is 5.42. The summed E-state index contributed by atoms with van der Waals surface area (Å²) in [4.78, 5) is 23.1. The van der Waals surface area contributed by atoms with Crippen LogP contribution in [0, 0.1) is 11.8 Å². The molecule has 0 aromatic carbocycles. The molecule has 1 rings (SSSR count). The molecule has 1 aliphatic carbocycles. The number of ether oxygens (including phenoxy) is 2. The number of hydrogen-bond acceptors (Lipinski definition) is 4. The average molecular weight is 226 g/mol. The molecule has 1 atom stereocenters. The van der Waals surface area contributed by atoms with Gasteiger partial charge >= 0.3 is 11.9 Å². The van der Waals surface area contributed by atoms with Gasteiger partial charge in [-0.25, -0.2) is 0 Å². The van der Waals surface area contributed by atoms with Gasteiger partial charge in [-0.1, -0.05) is 12.2 Å². The second-order valence-electron chi connectivity index (χ2n) is 4.13. The Morgan fingerprint density at radius 3 is 2.31 bits per heavy atom. The minimum Gasteiger partial charge on any atom is -0.468 e. The van der Waals surface area contributed by atoms with E-state index in [1.807, 2.05) is 0 Å². The van der Waals surface area contributed by atoms with Gasteiger partial charge in [-0.3, -0.25) is 9.59 Å². The van der Waals surface area contributed by atoms with Gasteiger partial charge in [0.1, 0.15) is 0 Å². The highest BCUT2D eigenvalue weighted by atomic mass is 16.5. The van der Waals surface area contributed by atoms with Gasteiger partial charge in [0.15, 0.2) is 5.92 Å². The lowest BCUT2D eigenvalue weighted by atomic mass is 9.78. The predicted molar refractivity (Wildman–Crippen MR) is 58.6 cm³/mol. The molecular formula is C12H18O4. The number of carbonyl (C=O) groups excluding carboxylic acids is 2. The van der Waals surface area contributed by atoms with Crippen LogP contribution in [0.4, 0.5) is 0 Å². The molecule has 16 heavy (non-hydrogen) atoms. The molecule has 0 N–H and O–H groups in total. The van der Waals surface area contributed by atoms with Gasteiger partial charge < -0.3 is 9.47 Å². The molecule has 0 radical (unpaired) electrons. The van der Waals surface area contributed by atoms with Gasteiger partial charge in [-0.05, 0) is 31.6 Å². The fourth-order valence-corrected chi connectivity index (χ4v) is 2.21. The summed E-state index contributed by atoms with van der Waals surface area (Å²) >= 11 is 0. The van der Waals surface area contributed by atoms with Crippen LogP contribution in [-0.2, 0) is 19.1 Å². The van der Waals surface area contributed by atoms with E-state index >= 15 is 0 Å². The highest BCUT2D eigenvalue weighted by molar-refractivity contribution is 5.95. The van der Waals surface area contributed by atoms with Crippen LogP contribution >= 0.6 is 0 Å². The molecule has 0 aromatic rings. The molecule has 0 amide bonds. The molecule has 0 spiro atoms. The van der Waals surface area contributed by atoms with Gasteiger partial charge in [-0.15, -0.1) is 0 Å². The van der Waals surface area contributed by atoms with E-state index in [-0.39, 0.29) is 5.92 Å². The summed E-state index contributed by atoms with van der Waals surface area (Å²) in [6.45, 7) is 3.91. The zero-order valence-electron chi connectivity index (χ0n) is 9.82. The lowest BCUT2D eigenvalue weighted by Crippen LogP contribution is -2.34. The van der Waals surface area contributed by atoms with Crippen LogP contribution in [0.2, 0.25) is 0 Å². The number of methoxy groups -OCH3 is 2. The van der Waals surface area contributed by atoms with E-state index in [0.29, 0.717) is 6.42 Å². The number of rotatable bonds is 3. The van der Waals surface area contributed by atoms with E-state index in [2.05, 4.69) is 16.1 Å². The maximum Gasteiger partial charge on any atom is 0.320 e. The molecule has 0 bridgehead atoms. The molecule has 1 unspecified atom stereocenters. The first kappa shape index (κ1) is 12.7. The Kier molecular flexibility index (Phi) is 4.52. The third kappa shape index (κ3) is 2.84. The van der Waals surface area contributed by atoms with Crippen molar-refractivity contribution in [3.05, 3.63) is 12.2 Å².